The molecule has 0 aliphatic carbocycles. The van der Waals surface area contributed by atoms with Crippen molar-refractivity contribution in [1.82, 2.24) is 5.32 Å². The number of hydrogen-bond acceptors (Lipinski definition) is 1. The molecule has 2 rings (SSSR count). The van der Waals surface area contributed by atoms with Crippen LogP contribution in [0.4, 0.5) is 0 Å². The average molecular weight is 379 g/mol. The highest BCUT2D eigenvalue weighted by atomic mass is 127. The Morgan fingerprint density at radius 3 is 2.40 bits per heavy atom. The lowest BCUT2D eigenvalue weighted by Gasteiger charge is -2.21. The Labute approximate surface area is 135 Å². The molecule has 1 nitrogen and oxygen atoms in total. The van der Waals surface area contributed by atoms with E-state index >= 15 is 0 Å². The molecule has 0 spiro atoms. The predicted octanol–water partition coefficient (Wildman–Crippen LogP) is 4.80. The third-order valence-electron chi connectivity index (χ3n) is 3.61. The van der Waals surface area contributed by atoms with Crippen LogP contribution in [0.1, 0.15) is 35.2 Å². The van der Waals surface area contributed by atoms with Crippen molar-refractivity contribution in [2.24, 2.45) is 0 Å². The second-order valence-corrected chi connectivity index (χ2v) is 6.55. The minimum atomic E-state index is 0.389. The van der Waals surface area contributed by atoms with Gasteiger partial charge in [-0.1, -0.05) is 42.8 Å². The minimum absolute atomic E-state index is 0.389. The summed E-state index contributed by atoms with van der Waals surface area (Å²) in [5.41, 5.74) is 5.51. The maximum Gasteiger partial charge on any atom is 0.0363 e. The summed E-state index contributed by atoms with van der Waals surface area (Å²) in [4.78, 5) is 0. The van der Waals surface area contributed by atoms with Crippen molar-refractivity contribution in [2.75, 3.05) is 6.54 Å². The Morgan fingerprint density at radius 2 is 1.75 bits per heavy atom. The fourth-order valence-electron chi connectivity index (χ4n) is 2.53. The molecule has 0 radical (unpaired) electrons. The van der Waals surface area contributed by atoms with Crippen molar-refractivity contribution in [2.45, 2.75) is 33.2 Å². The van der Waals surface area contributed by atoms with Crippen molar-refractivity contribution in [3.05, 3.63) is 68.3 Å². The van der Waals surface area contributed by atoms with E-state index in [1.54, 1.807) is 0 Å². The van der Waals surface area contributed by atoms with Gasteiger partial charge in [-0.2, -0.15) is 0 Å². The van der Waals surface area contributed by atoms with Crippen molar-refractivity contribution in [3.8, 4) is 0 Å². The molecule has 0 fully saturated rings. The number of halogens is 1. The maximum atomic E-state index is 3.63. The van der Waals surface area contributed by atoms with Crippen LogP contribution in [0.25, 0.3) is 0 Å². The molecule has 0 aliphatic heterocycles. The fourth-order valence-corrected chi connectivity index (χ4v) is 2.89. The number of nitrogens with one attached hydrogen (secondary N) is 1. The van der Waals surface area contributed by atoms with Crippen LogP contribution < -0.4 is 5.32 Å². The minimum Gasteiger partial charge on any atom is -0.310 e. The van der Waals surface area contributed by atoms with E-state index in [-0.39, 0.29) is 0 Å². The zero-order chi connectivity index (χ0) is 14.5. The molecule has 0 amide bonds. The Morgan fingerprint density at radius 1 is 1.05 bits per heavy atom. The van der Waals surface area contributed by atoms with Crippen LogP contribution in [0.5, 0.6) is 0 Å². The summed E-state index contributed by atoms with van der Waals surface area (Å²) in [5, 5.41) is 3.63. The van der Waals surface area contributed by atoms with E-state index in [1.165, 1.54) is 25.8 Å². The molecule has 2 aromatic carbocycles. The highest BCUT2D eigenvalue weighted by molar-refractivity contribution is 14.1. The van der Waals surface area contributed by atoms with E-state index in [4.69, 9.17) is 0 Å². The molecule has 1 unspecified atom stereocenters. The summed E-state index contributed by atoms with van der Waals surface area (Å²) in [6, 6.07) is 15.9. The summed E-state index contributed by atoms with van der Waals surface area (Å²) in [5.74, 6) is 0. The third-order valence-corrected chi connectivity index (χ3v) is 4.33. The standard InChI is InChI=1S/C18H22IN/c1-4-20-18(12-15-7-9-16(19)10-8-15)17-11-13(2)5-6-14(17)3/h5-11,18,20H,4,12H2,1-3H3. The summed E-state index contributed by atoms with van der Waals surface area (Å²) in [6.45, 7) is 7.53. The average Bonchev–Trinajstić information content (AvgIpc) is 2.43. The lowest BCUT2D eigenvalue weighted by atomic mass is 9.94. The van der Waals surface area contributed by atoms with Crippen molar-refractivity contribution < 1.29 is 0 Å². The van der Waals surface area contributed by atoms with Crippen LogP contribution in [0.2, 0.25) is 0 Å². The SMILES string of the molecule is CCNC(Cc1ccc(I)cc1)c1cc(C)ccc1C. The Hall–Kier alpha value is -0.870. The van der Waals surface area contributed by atoms with Crippen LogP contribution in [-0.4, -0.2) is 6.54 Å². The molecule has 0 aliphatic rings. The smallest absolute Gasteiger partial charge is 0.0363 e. The summed E-state index contributed by atoms with van der Waals surface area (Å²) in [6.07, 6.45) is 1.04. The van der Waals surface area contributed by atoms with Gasteiger partial charge in [0.2, 0.25) is 0 Å². The van der Waals surface area contributed by atoms with Crippen LogP contribution in [0.3, 0.4) is 0 Å². The topological polar surface area (TPSA) is 12.0 Å². The van der Waals surface area contributed by atoms with E-state index < -0.39 is 0 Å². The van der Waals surface area contributed by atoms with Gasteiger partial charge >= 0.3 is 0 Å². The molecule has 0 aromatic heterocycles. The van der Waals surface area contributed by atoms with Gasteiger partial charge in [0.25, 0.3) is 0 Å². The van der Waals surface area contributed by atoms with Crippen molar-refractivity contribution in [1.29, 1.82) is 0 Å². The number of benzene rings is 2. The zero-order valence-electron chi connectivity index (χ0n) is 12.4. The molecular formula is C18H22IN. The van der Waals surface area contributed by atoms with E-state index in [1.807, 2.05) is 0 Å². The van der Waals surface area contributed by atoms with Gasteiger partial charge in [-0.3, -0.25) is 0 Å². The molecule has 106 valence electrons. The lowest BCUT2D eigenvalue weighted by molar-refractivity contribution is 0.547. The van der Waals surface area contributed by atoms with Crippen LogP contribution in [-0.2, 0) is 6.42 Å². The van der Waals surface area contributed by atoms with Gasteiger partial charge < -0.3 is 5.32 Å². The van der Waals surface area contributed by atoms with Crippen LogP contribution >= 0.6 is 22.6 Å². The Bertz CT molecular complexity index is 560. The first-order valence-electron chi connectivity index (χ1n) is 7.15. The second-order valence-electron chi connectivity index (χ2n) is 5.30. The van der Waals surface area contributed by atoms with Gasteiger partial charge in [-0.15, -0.1) is 0 Å². The molecule has 0 bridgehead atoms. The van der Waals surface area contributed by atoms with Crippen molar-refractivity contribution >= 4 is 22.6 Å². The molecule has 1 N–H and O–H groups in total. The Balaban J connectivity index is 2.26. The molecule has 0 saturated heterocycles. The monoisotopic (exact) mass is 379 g/mol. The van der Waals surface area contributed by atoms with Crippen LogP contribution in [0.15, 0.2) is 42.5 Å². The van der Waals surface area contributed by atoms with Crippen molar-refractivity contribution in [3.63, 3.8) is 0 Å². The van der Waals surface area contributed by atoms with Crippen LogP contribution in [0, 0.1) is 17.4 Å². The van der Waals surface area contributed by atoms with Gasteiger partial charge in [-0.05, 0) is 78.2 Å². The molecule has 2 aromatic rings. The predicted molar refractivity (Wildman–Crippen MR) is 95.2 cm³/mol. The second kappa shape index (κ2) is 7.23. The van der Waals surface area contributed by atoms with Gasteiger partial charge in [0, 0.05) is 9.61 Å². The first-order chi connectivity index (χ1) is 9.60. The summed E-state index contributed by atoms with van der Waals surface area (Å²) in [7, 11) is 0. The zero-order valence-corrected chi connectivity index (χ0v) is 14.6. The number of hydrogen-bond donors (Lipinski definition) is 1. The molecule has 1 atom stereocenters. The number of rotatable bonds is 5. The quantitative estimate of drug-likeness (QED) is 0.736. The first kappa shape index (κ1) is 15.5. The normalized spacial score (nSPS) is 12.4. The van der Waals surface area contributed by atoms with E-state index in [2.05, 4.69) is 91.1 Å². The molecule has 2 heteroatoms. The largest absolute Gasteiger partial charge is 0.310 e. The Kier molecular flexibility index (Phi) is 5.61. The maximum absolute atomic E-state index is 3.63. The highest BCUT2D eigenvalue weighted by Crippen LogP contribution is 2.23. The molecule has 20 heavy (non-hydrogen) atoms. The first-order valence-corrected chi connectivity index (χ1v) is 8.23. The van der Waals surface area contributed by atoms with E-state index in [0.29, 0.717) is 6.04 Å². The third kappa shape index (κ3) is 4.06. The van der Waals surface area contributed by atoms with Gasteiger partial charge in [0.15, 0.2) is 0 Å². The molecule has 0 heterocycles. The van der Waals surface area contributed by atoms with Gasteiger partial charge in [-0.25, -0.2) is 0 Å². The fraction of sp³-hybridized carbons (Fsp3) is 0.333. The van der Waals surface area contributed by atoms with E-state index in [9.17, 15) is 0 Å². The lowest BCUT2D eigenvalue weighted by Crippen LogP contribution is -2.23. The highest BCUT2D eigenvalue weighted by Gasteiger charge is 2.13. The van der Waals surface area contributed by atoms with E-state index in [0.717, 1.165) is 13.0 Å². The number of aryl methyl sites for hydroxylation is 2. The molecular weight excluding hydrogens is 357 g/mol. The van der Waals surface area contributed by atoms with Gasteiger partial charge in [0.1, 0.15) is 0 Å². The molecule has 0 saturated carbocycles. The number of likely N-dealkylation sites (N-methyl/N-ethyl adjacent to an activating group) is 1. The van der Waals surface area contributed by atoms with Gasteiger partial charge in [0.05, 0.1) is 0 Å². The summed E-state index contributed by atoms with van der Waals surface area (Å²) < 4.78 is 1.29. The summed E-state index contributed by atoms with van der Waals surface area (Å²) >= 11 is 2.35.